The van der Waals surface area contributed by atoms with E-state index in [1.165, 1.54) is 18.2 Å². The summed E-state index contributed by atoms with van der Waals surface area (Å²) in [5.74, 6) is -0.356. The summed E-state index contributed by atoms with van der Waals surface area (Å²) in [6.45, 7) is 1.81. The largest absolute Gasteiger partial charge is 0.207 e. The van der Waals surface area contributed by atoms with Crippen LogP contribution in [0.15, 0.2) is 24.3 Å². The van der Waals surface area contributed by atoms with Crippen LogP contribution in [0.4, 0.5) is 4.39 Å². The molecular formula is C10H7ClFN. The molecule has 0 amide bonds. The van der Waals surface area contributed by atoms with Gasteiger partial charge in [-0.25, -0.2) is 4.39 Å². The van der Waals surface area contributed by atoms with Crippen molar-refractivity contribution in [1.29, 1.82) is 5.26 Å². The molecule has 0 bridgehead atoms. The van der Waals surface area contributed by atoms with Gasteiger partial charge in [0.1, 0.15) is 5.82 Å². The molecule has 0 aromatic heterocycles. The maximum atomic E-state index is 12.8. The van der Waals surface area contributed by atoms with Crippen LogP contribution in [0.5, 0.6) is 0 Å². The van der Waals surface area contributed by atoms with Crippen LogP contribution >= 0.6 is 11.6 Å². The molecule has 1 rings (SSSR count). The summed E-state index contributed by atoms with van der Waals surface area (Å²) in [4.78, 5) is 0. The number of halogens is 2. The summed E-state index contributed by atoms with van der Waals surface area (Å²) >= 11 is 5.76. The predicted molar refractivity (Wildman–Crippen MR) is 50.6 cm³/mol. The summed E-state index contributed by atoms with van der Waals surface area (Å²) in [5.41, 5.74) is 1.40. The fourth-order valence-corrected chi connectivity index (χ4v) is 1.24. The van der Waals surface area contributed by atoms with Crippen molar-refractivity contribution in [3.63, 3.8) is 0 Å². The molecule has 0 aliphatic carbocycles. The predicted octanol–water partition coefficient (Wildman–Crippen LogP) is 3.24. The highest BCUT2D eigenvalue weighted by Gasteiger charge is 2.03. The molecule has 0 unspecified atom stereocenters. The molecule has 0 N–H and O–H groups in total. The van der Waals surface area contributed by atoms with E-state index in [1.807, 2.05) is 6.92 Å². The van der Waals surface area contributed by atoms with Crippen LogP contribution in [0.25, 0.3) is 5.03 Å². The Hall–Kier alpha value is -1.33. The summed E-state index contributed by atoms with van der Waals surface area (Å²) < 4.78 is 12.8. The van der Waals surface area contributed by atoms with Gasteiger partial charge in [-0.1, -0.05) is 17.7 Å². The van der Waals surface area contributed by atoms with Gasteiger partial charge in [-0.2, -0.15) is 5.26 Å². The Balaban J connectivity index is 3.22. The van der Waals surface area contributed by atoms with Gasteiger partial charge in [0.25, 0.3) is 0 Å². The van der Waals surface area contributed by atoms with Gasteiger partial charge in [0.05, 0.1) is 11.1 Å². The number of hydrogen-bond acceptors (Lipinski definition) is 1. The highest BCUT2D eigenvalue weighted by molar-refractivity contribution is 6.49. The molecule has 0 spiro atoms. The van der Waals surface area contributed by atoms with Crippen LogP contribution in [0.2, 0.25) is 0 Å². The molecule has 3 heteroatoms. The SMILES string of the molecule is Cc1ccc(F)cc1C(Cl)=CC#N. The van der Waals surface area contributed by atoms with Crippen molar-refractivity contribution in [2.45, 2.75) is 6.92 Å². The van der Waals surface area contributed by atoms with E-state index in [0.717, 1.165) is 5.56 Å². The lowest BCUT2D eigenvalue weighted by atomic mass is 10.1. The van der Waals surface area contributed by atoms with Crippen LogP contribution < -0.4 is 0 Å². The summed E-state index contributed by atoms with van der Waals surface area (Å²) in [6, 6.07) is 6.09. The molecule has 0 saturated carbocycles. The zero-order valence-corrected chi connectivity index (χ0v) is 7.77. The van der Waals surface area contributed by atoms with Gasteiger partial charge >= 0.3 is 0 Å². The second-order valence-electron chi connectivity index (χ2n) is 2.58. The van der Waals surface area contributed by atoms with Crippen LogP contribution in [-0.2, 0) is 0 Å². The lowest BCUT2D eigenvalue weighted by Crippen LogP contribution is -1.85. The van der Waals surface area contributed by atoms with Gasteiger partial charge in [0, 0.05) is 6.08 Å². The van der Waals surface area contributed by atoms with Gasteiger partial charge in [-0.05, 0) is 30.2 Å². The highest BCUT2D eigenvalue weighted by Crippen LogP contribution is 2.22. The first kappa shape index (κ1) is 9.76. The highest BCUT2D eigenvalue weighted by atomic mass is 35.5. The first-order chi connectivity index (χ1) is 6.15. The first-order valence-corrected chi connectivity index (χ1v) is 4.04. The topological polar surface area (TPSA) is 23.8 Å². The maximum Gasteiger partial charge on any atom is 0.123 e. The Labute approximate surface area is 81.1 Å². The van der Waals surface area contributed by atoms with E-state index in [2.05, 4.69) is 0 Å². The van der Waals surface area contributed by atoms with Crippen LogP contribution in [0.1, 0.15) is 11.1 Å². The number of rotatable bonds is 1. The van der Waals surface area contributed by atoms with Gasteiger partial charge in [0.2, 0.25) is 0 Å². The zero-order chi connectivity index (χ0) is 9.84. The Bertz CT molecular complexity index is 390. The number of nitrogens with zero attached hydrogens (tertiary/aromatic N) is 1. The molecule has 66 valence electrons. The van der Waals surface area contributed by atoms with Crippen LogP contribution in [0.3, 0.4) is 0 Å². The molecular weight excluding hydrogens is 189 g/mol. The molecule has 0 fully saturated rings. The number of benzene rings is 1. The molecule has 13 heavy (non-hydrogen) atoms. The monoisotopic (exact) mass is 195 g/mol. The Morgan fingerprint density at radius 1 is 1.62 bits per heavy atom. The number of hydrogen-bond donors (Lipinski definition) is 0. The molecule has 1 nitrogen and oxygen atoms in total. The normalized spacial score (nSPS) is 11.1. The summed E-state index contributed by atoms with van der Waals surface area (Å²) in [5, 5.41) is 8.62. The molecule has 0 radical (unpaired) electrons. The Morgan fingerprint density at radius 3 is 2.92 bits per heavy atom. The quantitative estimate of drug-likeness (QED) is 0.631. The van der Waals surface area contributed by atoms with Crippen molar-refractivity contribution >= 4 is 16.6 Å². The lowest BCUT2D eigenvalue weighted by Gasteiger charge is -2.02. The van der Waals surface area contributed by atoms with Gasteiger partial charge in [-0.3, -0.25) is 0 Å². The molecule has 0 saturated heterocycles. The Kier molecular flexibility index (Phi) is 3.05. The van der Waals surface area contributed by atoms with Crippen LogP contribution in [-0.4, -0.2) is 0 Å². The van der Waals surface area contributed by atoms with Gasteiger partial charge in [0.15, 0.2) is 0 Å². The molecule has 1 aromatic carbocycles. The van der Waals surface area contributed by atoms with E-state index in [1.54, 1.807) is 12.1 Å². The van der Waals surface area contributed by atoms with Crippen molar-refractivity contribution in [2.75, 3.05) is 0 Å². The molecule has 0 heterocycles. The average molecular weight is 196 g/mol. The van der Waals surface area contributed by atoms with Crippen LogP contribution in [0, 0.1) is 24.1 Å². The van der Waals surface area contributed by atoms with Gasteiger partial charge < -0.3 is 0 Å². The van der Waals surface area contributed by atoms with E-state index in [0.29, 0.717) is 5.56 Å². The van der Waals surface area contributed by atoms with E-state index >= 15 is 0 Å². The smallest absolute Gasteiger partial charge is 0.123 e. The zero-order valence-electron chi connectivity index (χ0n) is 7.01. The van der Waals surface area contributed by atoms with Crippen molar-refractivity contribution in [3.8, 4) is 6.07 Å². The fraction of sp³-hybridized carbons (Fsp3) is 0.100. The van der Waals surface area contributed by atoms with Crippen molar-refractivity contribution < 1.29 is 4.39 Å². The van der Waals surface area contributed by atoms with Crippen molar-refractivity contribution in [1.82, 2.24) is 0 Å². The number of allylic oxidation sites excluding steroid dienone is 1. The van der Waals surface area contributed by atoms with E-state index in [9.17, 15) is 4.39 Å². The third kappa shape index (κ3) is 2.30. The third-order valence-corrected chi connectivity index (χ3v) is 1.96. The molecule has 0 aliphatic heterocycles. The Morgan fingerprint density at radius 2 is 2.31 bits per heavy atom. The van der Waals surface area contributed by atoms with Crippen molar-refractivity contribution in [3.05, 3.63) is 41.2 Å². The van der Waals surface area contributed by atoms with Gasteiger partial charge in [-0.15, -0.1) is 0 Å². The standard InChI is InChI=1S/C10H7ClFN/c1-7-2-3-8(12)6-9(7)10(11)4-5-13/h2-4,6H,1H3. The minimum absolute atomic E-state index is 0.263. The van der Waals surface area contributed by atoms with Crippen molar-refractivity contribution in [2.24, 2.45) is 0 Å². The maximum absolute atomic E-state index is 12.8. The molecule has 1 aromatic rings. The number of nitriles is 1. The minimum Gasteiger partial charge on any atom is -0.207 e. The lowest BCUT2D eigenvalue weighted by molar-refractivity contribution is 0.627. The molecule has 0 atom stereocenters. The number of aryl methyl sites for hydroxylation is 1. The van der Waals surface area contributed by atoms with E-state index in [-0.39, 0.29) is 10.8 Å². The molecule has 0 aliphatic rings. The average Bonchev–Trinajstić information content (AvgIpc) is 2.09. The minimum atomic E-state index is -0.356. The van der Waals surface area contributed by atoms with E-state index < -0.39 is 0 Å². The van der Waals surface area contributed by atoms with E-state index in [4.69, 9.17) is 16.9 Å². The second kappa shape index (κ2) is 4.06. The second-order valence-corrected chi connectivity index (χ2v) is 2.99. The summed E-state index contributed by atoms with van der Waals surface area (Å²) in [7, 11) is 0. The third-order valence-electron chi connectivity index (χ3n) is 1.65. The summed E-state index contributed by atoms with van der Waals surface area (Å²) in [6.07, 6.45) is 1.18. The first-order valence-electron chi connectivity index (χ1n) is 3.67. The fourth-order valence-electron chi connectivity index (χ4n) is 0.986.